The molecule has 17 nitrogen and oxygen atoms in total. The minimum atomic E-state index is -0.371. The summed E-state index contributed by atoms with van der Waals surface area (Å²) < 4.78 is 16.2. The highest BCUT2D eigenvalue weighted by molar-refractivity contribution is 5.85. The molecule has 1 aliphatic carbocycles. The molecule has 18 heteroatoms. The predicted octanol–water partition coefficient (Wildman–Crippen LogP) is -1.13. The molecule has 5 heterocycles. The van der Waals surface area contributed by atoms with Gasteiger partial charge in [-0.1, -0.05) is 24.3 Å². The van der Waals surface area contributed by atoms with Crippen LogP contribution in [0.5, 0.6) is 5.75 Å². The first-order chi connectivity index (χ1) is 22.6. The van der Waals surface area contributed by atoms with E-state index in [1.165, 1.54) is 47.0 Å². The number of hydrogen-bond acceptors (Lipinski definition) is 11. The van der Waals surface area contributed by atoms with E-state index < -0.39 is 0 Å². The van der Waals surface area contributed by atoms with Crippen molar-refractivity contribution in [3.63, 3.8) is 0 Å². The van der Waals surface area contributed by atoms with E-state index in [1.807, 2.05) is 12.1 Å². The van der Waals surface area contributed by atoms with E-state index in [9.17, 15) is 19.2 Å². The highest BCUT2D eigenvalue weighted by Gasteiger charge is 2.16. The summed E-state index contributed by atoms with van der Waals surface area (Å²) in [7, 11) is 6.02. The number of rotatable bonds is 4. The number of fused-ring (bicyclic) bond motifs is 3. The third-order valence-corrected chi connectivity index (χ3v) is 7.44. The Kier molecular flexibility index (Phi) is 13.6. The third kappa shape index (κ3) is 8.36. The number of H-pyrrole nitrogens is 2. The van der Waals surface area contributed by atoms with E-state index in [4.69, 9.17) is 20.9 Å². The van der Waals surface area contributed by atoms with Gasteiger partial charge in [-0.15, -0.1) is 12.4 Å². The highest BCUT2D eigenvalue weighted by atomic mass is 35.5. The first kappa shape index (κ1) is 37.6. The van der Waals surface area contributed by atoms with Gasteiger partial charge in [-0.3, -0.25) is 27.9 Å². The molecule has 0 radical (unpaired) electrons. The van der Waals surface area contributed by atoms with Gasteiger partial charge in [0, 0.05) is 59.9 Å². The number of aromatic nitrogens is 8. The van der Waals surface area contributed by atoms with Gasteiger partial charge in [0.05, 0.1) is 19.3 Å². The molecule has 1 saturated heterocycles. The molecule has 0 saturated carbocycles. The number of benzene rings is 1. The van der Waals surface area contributed by atoms with Crippen LogP contribution in [0.4, 0.5) is 0 Å². The molecule has 0 amide bonds. The van der Waals surface area contributed by atoms with E-state index in [0.717, 1.165) is 41.0 Å². The molecule has 48 heavy (non-hydrogen) atoms. The van der Waals surface area contributed by atoms with Gasteiger partial charge in [0.15, 0.2) is 11.3 Å². The average Bonchev–Trinajstić information content (AvgIpc) is 3.90. The molecule has 1 fully saturated rings. The number of aromatic amines is 2. The van der Waals surface area contributed by atoms with Crippen molar-refractivity contribution in [2.75, 3.05) is 39.4 Å². The Bertz CT molecular complexity index is 1980. The van der Waals surface area contributed by atoms with Crippen LogP contribution in [0.3, 0.4) is 0 Å². The lowest BCUT2D eigenvalue weighted by molar-refractivity contribution is 0.0000401. The average molecular weight is 688 g/mol. The fraction of sp³-hybridized carbons (Fsp3) is 0.400. The molecule has 1 unspecified atom stereocenters. The zero-order chi connectivity index (χ0) is 34.1. The zero-order valence-electron chi connectivity index (χ0n) is 27.3. The van der Waals surface area contributed by atoms with Crippen molar-refractivity contribution in [1.82, 2.24) is 43.5 Å². The Morgan fingerprint density at radius 1 is 0.875 bits per heavy atom. The predicted molar refractivity (Wildman–Crippen MR) is 186 cm³/mol. The minimum absolute atomic E-state index is 0. The van der Waals surface area contributed by atoms with E-state index in [0.29, 0.717) is 42.0 Å². The van der Waals surface area contributed by atoms with Gasteiger partial charge in [-0.2, -0.15) is 0 Å². The Labute approximate surface area is 280 Å². The molecule has 0 spiro atoms. The van der Waals surface area contributed by atoms with Crippen LogP contribution in [0.25, 0.3) is 28.4 Å². The summed E-state index contributed by atoms with van der Waals surface area (Å²) in [5.74, 6) is 1.00. The monoisotopic (exact) mass is 687 g/mol. The third-order valence-electron chi connectivity index (χ3n) is 7.44. The van der Waals surface area contributed by atoms with Gasteiger partial charge in [-0.25, -0.2) is 19.6 Å². The largest absolute Gasteiger partial charge is 0.491 e. The quantitative estimate of drug-likeness (QED) is 0.152. The van der Waals surface area contributed by atoms with E-state index in [2.05, 4.69) is 43.5 Å². The number of morpholine rings is 1. The molecule has 2 aliphatic rings. The fourth-order valence-corrected chi connectivity index (χ4v) is 4.84. The lowest BCUT2D eigenvalue weighted by Crippen LogP contribution is -2.41. The lowest BCUT2D eigenvalue weighted by atomic mass is 10.1. The zero-order valence-corrected chi connectivity index (χ0v) is 28.1. The summed E-state index contributed by atoms with van der Waals surface area (Å²) in [6.45, 7) is 4.43. The molecule has 5 aromatic rings. The van der Waals surface area contributed by atoms with Crippen molar-refractivity contribution in [2.45, 2.75) is 12.5 Å². The van der Waals surface area contributed by atoms with E-state index in [-0.39, 0.29) is 41.0 Å². The molecule has 1 atom stereocenters. The van der Waals surface area contributed by atoms with Crippen molar-refractivity contribution < 1.29 is 9.47 Å². The maximum atomic E-state index is 11.4. The first-order valence-corrected chi connectivity index (χ1v) is 14.9. The minimum Gasteiger partial charge on any atom is -0.491 e. The van der Waals surface area contributed by atoms with E-state index in [1.54, 1.807) is 14.1 Å². The van der Waals surface area contributed by atoms with Crippen LogP contribution in [-0.4, -0.2) is 83.7 Å². The van der Waals surface area contributed by atoms with Crippen LogP contribution in [0.1, 0.15) is 11.1 Å². The second kappa shape index (κ2) is 17.4. The maximum Gasteiger partial charge on any atom is 0.332 e. The Hall–Kier alpha value is -4.81. The summed E-state index contributed by atoms with van der Waals surface area (Å²) in [4.78, 5) is 58.8. The summed E-state index contributed by atoms with van der Waals surface area (Å²) in [5, 5.41) is 3.31. The molecule has 1 aliphatic heterocycles. The van der Waals surface area contributed by atoms with Crippen LogP contribution < -0.4 is 44.0 Å². The van der Waals surface area contributed by atoms with Crippen LogP contribution in [0, 0.1) is 0 Å². The smallest absolute Gasteiger partial charge is 0.332 e. The van der Waals surface area contributed by atoms with E-state index >= 15 is 0 Å². The summed E-state index contributed by atoms with van der Waals surface area (Å²) in [6, 6.07) is 6.22. The van der Waals surface area contributed by atoms with Crippen molar-refractivity contribution in [3.05, 3.63) is 89.7 Å². The number of nitrogens with zero attached hydrogens (tertiary/aromatic N) is 6. The Morgan fingerprint density at radius 2 is 1.44 bits per heavy atom. The molecule has 7 rings (SSSR count). The molecular weight excluding hydrogens is 646 g/mol. The Morgan fingerprint density at radius 3 is 1.94 bits per heavy atom. The molecular formula is C30H42ClN11O6. The van der Waals surface area contributed by atoms with Crippen LogP contribution >= 0.6 is 12.4 Å². The number of nitrogens with one attached hydrogen (secondary N) is 3. The molecule has 0 bridgehead atoms. The molecule has 7 N–H and O–H groups in total. The normalized spacial score (nSPS) is 14.5. The number of hydrogen-bond donors (Lipinski definition) is 5. The molecule has 260 valence electrons. The van der Waals surface area contributed by atoms with Gasteiger partial charge in [0.25, 0.3) is 11.1 Å². The second-order valence-corrected chi connectivity index (χ2v) is 10.6. The number of allylic oxidation sites excluding steroid dienone is 1. The van der Waals surface area contributed by atoms with Gasteiger partial charge in [0.2, 0.25) is 0 Å². The second-order valence-electron chi connectivity index (χ2n) is 10.6. The lowest BCUT2D eigenvalue weighted by Gasteiger charge is -2.24. The standard InChI is InChI=1S/C14H17NO2.2C7H8N4O2.C2H8N2.ClH/c1-3-11-4-2-6-14(13(11)5-1)17-10-12-9-15-7-8-16-12;2*1-10-5-4(8-3-9-5)6(12)11(2)7(10)13;3-1-2-4;/h1-4,6,12,15H,5,7-10H2;2*3H,1-2H3,(H,8,9);1-4H2;1H. The van der Waals surface area contributed by atoms with Gasteiger partial charge in [0.1, 0.15) is 29.5 Å². The fourth-order valence-electron chi connectivity index (χ4n) is 4.84. The number of nitrogens with two attached hydrogens (primary N) is 2. The molecule has 1 aromatic carbocycles. The topological polar surface area (TPSA) is 228 Å². The van der Waals surface area contributed by atoms with Gasteiger partial charge >= 0.3 is 11.4 Å². The van der Waals surface area contributed by atoms with Crippen LogP contribution in [-0.2, 0) is 39.3 Å². The first-order valence-electron chi connectivity index (χ1n) is 14.9. The van der Waals surface area contributed by atoms with Crippen molar-refractivity contribution >= 4 is 40.8 Å². The maximum absolute atomic E-state index is 11.4. The SMILES string of the molecule is C1=Cc2cccc(OCC3CNCCO3)c2C1.Cl.Cn1c(=O)c2[nH]cnc2n(C)c1=O.Cn1c(=O)c2[nH]cnc2n(C)c1=O.NCCN. The number of imidazole rings is 2. The number of ether oxygens (including phenoxy) is 2. The van der Waals surface area contributed by atoms with Crippen molar-refractivity contribution in [2.24, 2.45) is 39.7 Å². The van der Waals surface area contributed by atoms with Crippen LogP contribution in [0.2, 0.25) is 0 Å². The van der Waals surface area contributed by atoms with Gasteiger partial charge < -0.3 is 36.2 Å². The van der Waals surface area contributed by atoms with Crippen molar-refractivity contribution in [3.8, 4) is 5.75 Å². The van der Waals surface area contributed by atoms with Crippen LogP contribution in [0.15, 0.2) is 56.1 Å². The number of aryl methyl sites for hydroxylation is 2. The van der Waals surface area contributed by atoms with Crippen molar-refractivity contribution in [1.29, 1.82) is 0 Å². The number of halogens is 1. The summed E-state index contributed by atoms with van der Waals surface area (Å²) >= 11 is 0. The molecule has 4 aromatic heterocycles. The Balaban J connectivity index is 0.000000185. The van der Waals surface area contributed by atoms with Gasteiger partial charge in [-0.05, 0) is 18.1 Å². The summed E-state index contributed by atoms with van der Waals surface area (Å²) in [5.41, 5.74) is 12.4. The highest BCUT2D eigenvalue weighted by Crippen LogP contribution is 2.28. The summed E-state index contributed by atoms with van der Waals surface area (Å²) in [6.07, 6.45) is 8.28.